The second kappa shape index (κ2) is 3.69. The van der Waals surface area contributed by atoms with E-state index in [-0.39, 0.29) is 10.8 Å². The Morgan fingerprint density at radius 1 is 0.812 bits per heavy atom. The van der Waals surface area contributed by atoms with Crippen LogP contribution in [-0.4, -0.2) is 0 Å². The second-order valence-electron chi connectivity index (χ2n) is 6.53. The zero-order valence-electron chi connectivity index (χ0n) is 11.3. The molecule has 4 N–H and O–H groups in total. The second-order valence-corrected chi connectivity index (χ2v) is 6.53. The van der Waals surface area contributed by atoms with Crippen molar-refractivity contribution in [2.24, 2.45) is 0 Å². The van der Waals surface area contributed by atoms with Crippen molar-refractivity contribution < 1.29 is 0 Å². The molecule has 0 aliphatic heterocycles. The van der Waals surface area contributed by atoms with E-state index in [1.165, 1.54) is 5.56 Å². The summed E-state index contributed by atoms with van der Waals surface area (Å²) in [5.74, 6) is 0. The van der Waals surface area contributed by atoms with Crippen molar-refractivity contribution in [1.82, 2.24) is 0 Å². The van der Waals surface area contributed by atoms with E-state index >= 15 is 0 Å². The molecule has 1 rings (SSSR count). The smallest absolute Gasteiger partial charge is 0.0585 e. The summed E-state index contributed by atoms with van der Waals surface area (Å²) in [7, 11) is 0. The van der Waals surface area contributed by atoms with E-state index in [2.05, 4.69) is 47.6 Å². The number of nitrogen functional groups attached to an aromatic ring is 2. The Hall–Kier alpha value is -1.18. The van der Waals surface area contributed by atoms with Gasteiger partial charge >= 0.3 is 0 Å². The number of hydrogen-bond donors (Lipinski definition) is 2. The van der Waals surface area contributed by atoms with E-state index in [9.17, 15) is 0 Å². The van der Waals surface area contributed by atoms with Gasteiger partial charge in [-0.2, -0.15) is 0 Å². The maximum Gasteiger partial charge on any atom is 0.0585 e. The highest BCUT2D eigenvalue weighted by atomic mass is 14.7. The van der Waals surface area contributed by atoms with Crippen LogP contribution in [-0.2, 0) is 10.8 Å². The van der Waals surface area contributed by atoms with Crippen molar-refractivity contribution in [2.75, 3.05) is 11.5 Å². The molecule has 0 amide bonds. The van der Waals surface area contributed by atoms with Crippen LogP contribution in [0.5, 0.6) is 0 Å². The standard InChI is InChI=1S/C14H24N2/c1-13(2,3)9-7-10(14(4,5)6)12(16)11(15)8-9/h7-8H,15-16H2,1-6H3. The van der Waals surface area contributed by atoms with Crippen LogP contribution >= 0.6 is 0 Å². The first-order valence-electron chi connectivity index (χ1n) is 5.73. The SMILES string of the molecule is CC(C)(C)c1cc(N)c(N)c(C(C)(C)C)c1. The predicted octanol–water partition coefficient (Wildman–Crippen LogP) is 3.45. The zero-order valence-corrected chi connectivity index (χ0v) is 11.3. The molecule has 0 spiro atoms. The Kier molecular flexibility index (Phi) is 2.97. The van der Waals surface area contributed by atoms with E-state index in [1.807, 2.05) is 6.07 Å². The van der Waals surface area contributed by atoms with Crippen LogP contribution in [0.25, 0.3) is 0 Å². The first-order chi connectivity index (χ1) is 7.03. The van der Waals surface area contributed by atoms with Crippen molar-refractivity contribution in [3.63, 3.8) is 0 Å². The molecule has 0 fully saturated rings. The highest BCUT2D eigenvalue weighted by Crippen LogP contribution is 2.36. The predicted molar refractivity (Wildman–Crippen MR) is 72.7 cm³/mol. The van der Waals surface area contributed by atoms with Gasteiger partial charge in [0.1, 0.15) is 0 Å². The molecule has 0 aromatic heterocycles. The van der Waals surface area contributed by atoms with Gasteiger partial charge in [-0.3, -0.25) is 0 Å². The summed E-state index contributed by atoms with van der Waals surface area (Å²) in [5, 5.41) is 0. The summed E-state index contributed by atoms with van der Waals surface area (Å²) < 4.78 is 0. The van der Waals surface area contributed by atoms with Gasteiger partial charge in [-0.25, -0.2) is 0 Å². The van der Waals surface area contributed by atoms with Gasteiger partial charge in [0.25, 0.3) is 0 Å². The van der Waals surface area contributed by atoms with Gasteiger partial charge in [-0.15, -0.1) is 0 Å². The number of rotatable bonds is 0. The summed E-state index contributed by atoms with van der Waals surface area (Å²) in [6.45, 7) is 13.0. The van der Waals surface area contributed by atoms with Crippen molar-refractivity contribution in [3.8, 4) is 0 Å². The third kappa shape index (κ3) is 2.49. The molecule has 90 valence electrons. The Labute approximate surface area is 99.0 Å². The van der Waals surface area contributed by atoms with E-state index < -0.39 is 0 Å². The molecule has 0 saturated heterocycles. The third-order valence-corrected chi connectivity index (χ3v) is 2.89. The first-order valence-corrected chi connectivity index (χ1v) is 5.73. The molecule has 1 aromatic rings. The minimum atomic E-state index is 0.0272. The summed E-state index contributed by atoms with van der Waals surface area (Å²) in [4.78, 5) is 0. The van der Waals surface area contributed by atoms with Crippen LogP contribution in [0.3, 0.4) is 0 Å². The van der Waals surface area contributed by atoms with Gasteiger partial charge in [0, 0.05) is 0 Å². The number of benzene rings is 1. The summed E-state index contributed by atoms with van der Waals surface area (Å²) >= 11 is 0. The van der Waals surface area contributed by atoms with E-state index in [0.29, 0.717) is 5.69 Å². The summed E-state index contributed by atoms with van der Waals surface area (Å²) in [5.41, 5.74) is 16.0. The zero-order chi connectivity index (χ0) is 12.7. The minimum Gasteiger partial charge on any atom is -0.397 e. The van der Waals surface area contributed by atoms with Gasteiger partial charge in [-0.05, 0) is 28.0 Å². The van der Waals surface area contributed by atoms with Gasteiger partial charge in [0.15, 0.2) is 0 Å². The molecule has 16 heavy (non-hydrogen) atoms. The van der Waals surface area contributed by atoms with Crippen LogP contribution < -0.4 is 11.5 Å². The third-order valence-electron chi connectivity index (χ3n) is 2.89. The number of anilines is 2. The van der Waals surface area contributed by atoms with Crippen molar-refractivity contribution >= 4 is 11.4 Å². The highest BCUT2D eigenvalue weighted by Gasteiger charge is 2.22. The van der Waals surface area contributed by atoms with Crippen LogP contribution in [0.1, 0.15) is 52.7 Å². The molecule has 0 atom stereocenters. The number of hydrogen-bond acceptors (Lipinski definition) is 2. The lowest BCUT2D eigenvalue weighted by molar-refractivity contribution is 0.570. The lowest BCUT2D eigenvalue weighted by Crippen LogP contribution is -2.19. The van der Waals surface area contributed by atoms with Gasteiger partial charge in [-0.1, -0.05) is 47.6 Å². The largest absolute Gasteiger partial charge is 0.397 e. The van der Waals surface area contributed by atoms with Crippen molar-refractivity contribution in [3.05, 3.63) is 23.3 Å². The van der Waals surface area contributed by atoms with Crippen LogP contribution in [0.4, 0.5) is 11.4 Å². The fourth-order valence-electron chi connectivity index (χ4n) is 1.73. The first kappa shape index (κ1) is 12.9. The Morgan fingerprint density at radius 2 is 1.31 bits per heavy atom. The quantitative estimate of drug-likeness (QED) is 0.658. The van der Waals surface area contributed by atoms with E-state index in [0.717, 1.165) is 11.3 Å². The average Bonchev–Trinajstić information content (AvgIpc) is 2.05. The van der Waals surface area contributed by atoms with E-state index in [1.54, 1.807) is 0 Å². The number of nitrogens with two attached hydrogens (primary N) is 2. The molecule has 2 nitrogen and oxygen atoms in total. The molecule has 0 radical (unpaired) electrons. The van der Waals surface area contributed by atoms with Gasteiger partial charge < -0.3 is 11.5 Å². The Bertz CT molecular complexity index is 392. The molecule has 1 aromatic carbocycles. The lowest BCUT2D eigenvalue weighted by atomic mass is 9.79. The molecule has 0 bridgehead atoms. The van der Waals surface area contributed by atoms with Gasteiger partial charge in [0.2, 0.25) is 0 Å². The molecule has 0 aliphatic carbocycles. The maximum absolute atomic E-state index is 6.06. The molecule has 0 heterocycles. The molecule has 0 saturated carbocycles. The topological polar surface area (TPSA) is 52.0 Å². The van der Waals surface area contributed by atoms with Crippen LogP contribution in [0, 0.1) is 0 Å². The Morgan fingerprint density at radius 3 is 1.69 bits per heavy atom. The molecular weight excluding hydrogens is 196 g/mol. The van der Waals surface area contributed by atoms with Crippen LogP contribution in [0.15, 0.2) is 12.1 Å². The monoisotopic (exact) mass is 220 g/mol. The molecular formula is C14H24N2. The fraction of sp³-hybridized carbons (Fsp3) is 0.571. The summed E-state index contributed by atoms with van der Waals surface area (Å²) in [6.07, 6.45) is 0. The molecule has 0 aliphatic rings. The minimum absolute atomic E-state index is 0.0272. The Balaban J connectivity index is 3.46. The van der Waals surface area contributed by atoms with E-state index in [4.69, 9.17) is 11.5 Å². The maximum atomic E-state index is 6.06. The van der Waals surface area contributed by atoms with Gasteiger partial charge in [0.05, 0.1) is 11.4 Å². The lowest BCUT2D eigenvalue weighted by Gasteiger charge is -2.27. The summed E-state index contributed by atoms with van der Waals surface area (Å²) in [6, 6.07) is 4.18. The highest BCUT2D eigenvalue weighted by molar-refractivity contribution is 5.70. The molecule has 0 unspecified atom stereocenters. The van der Waals surface area contributed by atoms with Crippen molar-refractivity contribution in [1.29, 1.82) is 0 Å². The molecule has 2 heteroatoms. The fourth-order valence-corrected chi connectivity index (χ4v) is 1.73. The average molecular weight is 220 g/mol. The van der Waals surface area contributed by atoms with Crippen molar-refractivity contribution in [2.45, 2.75) is 52.4 Å². The normalized spacial score (nSPS) is 12.9. The van der Waals surface area contributed by atoms with Crippen LogP contribution in [0.2, 0.25) is 0 Å².